The van der Waals surface area contributed by atoms with E-state index >= 15 is 0 Å². The van der Waals surface area contributed by atoms with E-state index in [9.17, 15) is 23.3 Å². The zero-order valence-electron chi connectivity index (χ0n) is 18.6. The minimum absolute atomic E-state index is 0.0331. The van der Waals surface area contributed by atoms with Gasteiger partial charge < -0.3 is 9.50 Å². The maximum Gasteiger partial charge on any atom is 0.339 e. The lowest BCUT2D eigenvalue weighted by atomic mass is 10.2. The molecule has 1 aliphatic rings. The van der Waals surface area contributed by atoms with Crippen LogP contribution < -0.4 is 9.50 Å². The van der Waals surface area contributed by atoms with Crippen molar-refractivity contribution in [3.05, 3.63) is 98.4 Å². The lowest BCUT2D eigenvalue weighted by Crippen LogP contribution is -2.19. The molecule has 1 heterocycles. The molecule has 0 spiro atoms. The zero-order valence-corrected chi connectivity index (χ0v) is 20.2. The summed E-state index contributed by atoms with van der Waals surface area (Å²) in [5, 5.41) is 13.9. The maximum atomic E-state index is 12.4. The zero-order chi connectivity index (χ0) is 25.2. The van der Waals surface area contributed by atoms with E-state index in [1.165, 1.54) is 42.5 Å². The van der Waals surface area contributed by atoms with Crippen LogP contribution in [0.5, 0.6) is 5.75 Å². The summed E-state index contributed by atoms with van der Waals surface area (Å²) in [6.45, 7) is 3.56. The number of benzene rings is 3. The van der Waals surface area contributed by atoms with Crippen LogP contribution in [0, 0.1) is 24.0 Å². The Balaban J connectivity index is 1.47. The maximum absolute atomic E-state index is 12.4. The average Bonchev–Trinajstić information content (AvgIpc) is 3.15. The Bertz CT molecular complexity index is 1480. The first-order valence-corrected chi connectivity index (χ1v) is 12.5. The van der Waals surface area contributed by atoms with Crippen LogP contribution >= 0.6 is 11.8 Å². The van der Waals surface area contributed by atoms with E-state index in [2.05, 4.69) is 10.3 Å². The standard InChI is InChI=1S/C24H19N3O6S2/c1-15-3-10-20(11-4-15)35(31,32)33-19-8-5-17(6-9-19)14-22-23(28)26-24(34-22)25-21-12-7-18(27(29)30)13-16(21)2/h3-14H,1-2H3,(H,25,26,28)/b22-14+. The first-order valence-electron chi connectivity index (χ1n) is 10.3. The number of aliphatic imine (C=N–C) groups is 1. The van der Waals surface area contributed by atoms with Gasteiger partial charge in [0.2, 0.25) is 0 Å². The lowest BCUT2D eigenvalue weighted by molar-refractivity contribution is -0.384. The molecule has 0 radical (unpaired) electrons. The molecule has 1 fully saturated rings. The Morgan fingerprint density at radius 2 is 1.71 bits per heavy atom. The number of nitrogens with zero attached hydrogens (tertiary/aromatic N) is 2. The summed E-state index contributed by atoms with van der Waals surface area (Å²) >= 11 is 1.13. The van der Waals surface area contributed by atoms with Crippen LogP contribution in [-0.4, -0.2) is 24.4 Å². The van der Waals surface area contributed by atoms with Crippen molar-refractivity contribution in [2.24, 2.45) is 4.99 Å². The van der Waals surface area contributed by atoms with Crippen molar-refractivity contribution in [2.45, 2.75) is 18.7 Å². The van der Waals surface area contributed by atoms with Crippen molar-refractivity contribution >= 4 is 50.4 Å². The number of non-ortho nitro benzene ring substituents is 1. The largest absolute Gasteiger partial charge is 0.379 e. The van der Waals surface area contributed by atoms with Gasteiger partial charge in [-0.3, -0.25) is 14.9 Å². The third-order valence-electron chi connectivity index (χ3n) is 4.96. The fourth-order valence-corrected chi connectivity index (χ4v) is 4.88. The number of nitrogens with one attached hydrogen (secondary N) is 1. The van der Waals surface area contributed by atoms with Crippen LogP contribution in [0.3, 0.4) is 0 Å². The third kappa shape index (κ3) is 5.76. The van der Waals surface area contributed by atoms with Crippen LogP contribution in [0.15, 0.2) is 81.5 Å². The van der Waals surface area contributed by atoms with Crippen LogP contribution in [-0.2, 0) is 14.9 Å². The van der Waals surface area contributed by atoms with Gasteiger partial charge in [0.1, 0.15) is 10.6 Å². The Kier molecular flexibility index (Phi) is 6.72. The number of hydrogen-bond donors (Lipinski definition) is 1. The predicted molar refractivity (Wildman–Crippen MR) is 134 cm³/mol. The highest BCUT2D eigenvalue weighted by atomic mass is 32.2. The van der Waals surface area contributed by atoms with Gasteiger partial charge in [0.05, 0.1) is 15.5 Å². The van der Waals surface area contributed by atoms with Gasteiger partial charge in [-0.2, -0.15) is 8.42 Å². The highest BCUT2D eigenvalue weighted by Crippen LogP contribution is 2.31. The molecule has 0 unspecified atom stereocenters. The number of amidine groups is 1. The van der Waals surface area contributed by atoms with Crippen LogP contribution in [0.25, 0.3) is 6.08 Å². The first kappa shape index (κ1) is 24.2. The third-order valence-corrected chi connectivity index (χ3v) is 7.13. The number of aryl methyl sites for hydroxylation is 2. The molecule has 178 valence electrons. The first-order chi connectivity index (χ1) is 16.6. The topological polar surface area (TPSA) is 128 Å². The van der Waals surface area contributed by atoms with E-state index in [0.29, 0.717) is 26.9 Å². The molecule has 1 aliphatic heterocycles. The quantitative estimate of drug-likeness (QED) is 0.217. The van der Waals surface area contributed by atoms with Crippen molar-refractivity contribution in [3.63, 3.8) is 0 Å². The molecule has 0 atom stereocenters. The van der Waals surface area contributed by atoms with Crippen molar-refractivity contribution in [1.82, 2.24) is 5.32 Å². The average molecular weight is 510 g/mol. The van der Waals surface area contributed by atoms with Gasteiger partial charge in [-0.1, -0.05) is 29.8 Å². The molecular weight excluding hydrogens is 490 g/mol. The molecule has 0 aromatic heterocycles. The summed E-state index contributed by atoms with van der Waals surface area (Å²) in [5.74, 6) is -0.192. The summed E-state index contributed by atoms with van der Waals surface area (Å²) in [4.78, 5) is 27.6. The second kappa shape index (κ2) is 9.72. The van der Waals surface area contributed by atoms with E-state index in [0.717, 1.165) is 17.3 Å². The predicted octanol–water partition coefficient (Wildman–Crippen LogP) is 4.87. The monoisotopic (exact) mass is 509 g/mol. The van der Waals surface area contributed by atoms with Crippen LogP contribution in [0.4, 0.5) is 11.4 Å². The van der Waals surface area contributed by atoms with E-state index in [4.69, 9.17) is 4.18 Å². The highest BCUT2D eigenvalue weighted by molar-refractivity contribution is 8.18. The molecule has 0 saturated carbocycles. The SMILES string of the molecule is Cc1ccc(S(=O)(=O)Oc2ccc(/C=C3/SC(=Nc4ccc([N+](=O)[O-])cc4C)NC3=O)cc2)cc1. The number of carbonyl (C=O) groups is 1. The summed E-state index contributed by atoms with van der Waals surface area (Å²) in [6.07, 6.45) is 1.64. The Morgan fingerprint density at radius 3 is 2.34 bits per heavy atom. The molecule has 35 heavy (non-hydrogen) atoms. The molecule has 0 aliphatic carbocycles. The minimum Gasteiger partial charge on any atom is -0.379 e. The summed E-state index contributed by atoms with van der Waals surface area (Å²) in [7, 11) is -3.96. The molecule has 1 saturated heterocycles. The fraction of sp³-hybridized carbons (Fsp3) is 0.0833. The van der Waals surface area contributed by atoms with E-state index in [1.807, 2.05) is 6.92 Å². The lowest BCUT2D eigenvalue weighted by Gasteiger charge is -2.07. The Labute approximate surface area is 205 Å². The number of rotatable bonds is 6. The summed E-state index contributed by atoms with van der Waals surface area (Å²) < 4.78 is 30.1. The molecule has 0 bridgehead atoms. The molecule has 1 N–H and O–H groups in total. The number of thioether (sulfide) groups is 1. The van der Waals surface area contributed by atoms with Gasteiger partial charge in [-0.05, 0) is 73.1 Å². The second-order valence-corrected chi connectivity index (χ2v) is 10.2. The second-order valence-electron chi connectivity index (χ2n) is 7.63. The molecule has 1 amide bonds. The van der Waals surface area contributed by atoms with E-state index < -0.39 is 15.0 Å². The van der Waals surface area contributed by atoms with Crippen LogP contribution in [0.2, 0.25) is 0 Å². The van der Waals surface area contributed by atoms with E-state index in [1.54, 1.807) is 37.3 Å². The number of carbonyl (C=O) groups excluding carboxylic acids is 1. The van der Waals surface area contributed by atoms with Gasteiger partial charge in [-0.15, -0.1) is 0 Å². The van der Waals surface area contributed by atoms with Crippen LogP contribution in [0.1, 0.15) is 16.7 Å². The fourth-order valence-electron chi connectivity index (χ4n) is 3.12. The molecule has 9 nitrogen and oxygen atoms in total. The number of amides is 1. The number of hydrogen-bond acceptors (Lipinski definition) is 8. The molecule has 3 aromatic carbocycles. The molecule has 11 heteroatoms. The Morgan fingerprint density at radius 1 is 1.03 bits per heavy atom. The molecule has 3 aromatic rings. The van der Waals surface area contributed by atoms with Crippen molar-refractivity contribution in [1.29, 1.82) is 0 Å². The molecule has 4 rings (SSSR count). The van der Waals surface area contributed by atoms with Gasteiger partial charge >= 0.3 is 10.1 Å². The van der Waals surface area contributed by atoms with Crippen molar-refractivity contribution in [3.8, 4) is 5.75 Å². The van der Waals surface area contributed by atoms with Gasteiger partial charge in [0.15, 0.2) is 5.17 Å². The minimum atomic E-state index is -3.96. The van der Waals surface area contributed by atoms with Gasteiger partial charge in [0.25, 0.3) is 11.6 Å². The molecular formula is C24H19N3O6S2. The normalized spacial score (nSPS) is 15.9. The van der Waals surface area contributed by atoms with Crippen molar-refractivity contribution < 1.29 is 22.3 Å². The Hall–Kier alpha value is -3.96. The highest BCUT2D eigenvalue weighted by Gasteiger charge is 2.24. The smallest absolute Gasteiger partial charge is 0.339 e. The summed E-state index contributed by atoms with van der Waals surface area (Å²) in [6, 6.07) is 16.9. The van der Waals surface area contributed by atoms with Gasteiger partial charge in [0, 0.05) is 12.1 Å². The van der Waals surface area contributed by atoms with Crippen molar-refractivity contribution in [2.75, 3.05) is 0 Å². The van der Waals surface area contributed by atoms with E-state index in [-0.39, 0.29) is 22.2 Å². The number of nitro benzene ring substituents is 1. The van der Waals surface area contributed by atoms with Gasteiger partial charge in [-0.25, -0.2) is 4.99 Å². The number of nitro groups is 1. The summed E-state index contributed by atoms with van der Waals surface area (Å²) in [5.41, 5.74) is 2.68.